The zero-order chi connectivity index (χ0) is 19.3. The predicted molar refractivity (Wildman–Crippen MR) is 105 cm³/mol. The van der Waals surface area contributed by atoms with Crippen LogP contribution in [0.4, 0.5) is 0 Å². The summed E-state index contributed by atoms with van der Waals surface area (Å²) < 4.78 is 7.64. The second-order valence-electron chi connectivity index (χ2n) is 7.57. The number of phenolic OH excluding ortho intramolecular Hbond substituents is 1. The van der Waals surface area contributed by atoms with E-state index in [1.165, 1.54) is 0 Å². The van der Waals surface area contributed by atoms with E-state index in [4.69, 9.17) is 4.74 Å². The van der Waals surface area contributed by atoms with Crippen molar-refractivity contribution in [3.63, 3.8) is 0 Å². The summed E-state index contributed by atoms with van der Waals surface area (Å²) in [6, 6.07) is 6.97. The molecule has 0 bridgehead atoms. The van der Waals surface area contributed by atoms with E-state index < -0.39 is 0 Å². The van der Waals surface area contributed by atoms with Crippen LogP contribution in [0.25, 0.3) is 16.9 Å². The average molecular weight is 383 g/mol. The van der Waals surface area contributed by atoms with Crippen LogP contribution in [0.2, 0.25) is 0 Å². The molecule has 1 aliphatic rings. The Bertz CT molecular complexity index is 1020. The molecule has 0 radical (unpaired) electrons. The summed E-state index contributed by atoms with van der Waals surface area (Å²) in [5.41, 5.74) is 3.38. The minimum absolute atomic E-state index is 0.140. The van der Waals surface area contributed by atoms with E-state index in [0.29, 0.717) is 11.4 Å². The van der Waals surface area contributed by atoms with E-state index in [9.17, 15) is 9.90 Å². The van der Waals surface area contributed by atoms with Crippen LogP contribution in [-0.4, -0.2) is 38.3 Å². The fourth-order valence-electron chi connectivity index (χ4n) is 3.04. The van der Waals surface area contributed by atoms with Crippen molar-refractivity contribution in [3.05, 3.63) is 46.3 Å². The zero-order valence-corrected chi connectivity index (χ0v) is 16.5. The van der Waals surface area contributed by atoms with Crippen molar-refractivity contribution in [2.45, 2.75) is 32.9 Å². The number of benzene rings is 1. The molecule has 7 heteroatoms. The highest BCUT2D eigenvalue weighted by Gasteiger charge is 2.33. The SMILES string of the molecule is CN(C(=O)c1nn(-c2ccsc2)c2c1COc1cc(O)ccc1-2)C(C)(C)C. The van der Waals surface area contributed by atoms with Gasteiger partial charge in [0.1, 0.15) is 18.1 Å². The van der Waals surface area contributed by atoms with E-state index in [1.54, 1.807) is 46.2 Å². The summed E-state index contributed by atoms with van der Waals surface area (Å²) >= 11 is 1.57. The maximum atomic E-state index is 13.2. The van der Waals surface area contributed by atoms with Crippen LogP contribution in [0.15, 0.2) is 35.0 Å². The van der Waals surface area contributed by atoms with Gasteiger partial charge in [0.05, 0.1) is 11.4 Å². The fourth-order valence-corrected chi connectivity index (χ4v) is 3.65. The molecule has 140 valence electrons. The van der Waals surface area contributed by atoms with Crippen molar-refractivity contribution in [1.29, 1.82) is 0 Å². The number of rotatable bonds is 2. The molecule has 1 aromatic carbocycles. The van der Waals surface area contributed by atoms with Gasteiger partial charge in [-0.25, -0.2) is 4.68 Å². The van der Waals surface area contributed by atoms with Crippen LogP contribution < -0.4 is 4.74 Å². The normalized spacial score (nSPS) is 12.9. The molecule has 0 unspecified atom stereocenters. The second kappa shape index (κ2) is 6.13. The Labute approximate surface area is 161 Å². The molecule has 0 saturated carbocycles. The highest BCUT2D eigenvalue weighted by molar-refractivity contribution is 7.08. The first-order chi connectivity index (χ1) is 12.8. The maximum absolute atomic E-state index is 13.2. The third-order valence-corrected chi connectivity index (χ3v) is 5.51. The lowest BCUT2D eigenvalue weighted by Crippen LogP contribution is -2.43. The smallest absolute Gasteiger partial charge is 0.274 e. The second-order valence-corrected chi connectivity index (χ2v) is 8.35. The van der Waals surface area contributed by atoms with Crippen LogP contribution in [0.1, 0.15) is 36.8 Å². The summed E-state index contributed by atoms with van der Waals surface area (Å²) in [6.07, 6.45) is 0. The summed E-state index contributed by atoms with van der Waals surface area (Å²) in [5.74, 6) is 0.586. The number of hydrogen-bond acceptors (Lipinski definition) is 5. The van der Waals surface area contributed by atoms with Gasteiger partial charge in [-0.05, 0) is 44.4 Å². The van der Waals surface area contributed by atoms with E-state index in [2.05, 4.69) is 5.10 Å². The molecule has 0 spiro atoms. The van der Waals surface area contributed by atoms with E-state index >= 15 is 0 Å². The number of fused-ring (bicyclic) bond motifs is 3. The number of aromatic hydroxyl groups is 1. The van der Waals surface area contributed by atoms with Gasteiger partial charge in [0, 0.05) is 35.2 Å². The Morgan fingerprint density at radius 3 is 2.78 bits per heavy atom. The Morgan fingerprint density at radius 2 is 2.11 bits per heavy atom. The molecule has 1 amide bonds. The van der Waals surface area contributed by atoms with Gasteiger partial charge >= 0.3 is 0 Å². The number of thiophene rings is 1. The quantitative estimate of drug-likeness (QED) is 0.724. The van der Waals surface area contributed by atoms with Crippen molar-refractivity contribution in [2.75, 3.05) is 7.05 Å². The van der Waals surface area contributed by atoms with Gasteiger partial charge in [-0.15, -0.1) is 0 Å². The zero-order valence-electron chi connectivity index (χ0n) is 15.7. The number of phenols is 1. The lowest BCUT2D eigenvalue weighted by molar-refractivity contribution is 0.0646. The van der Waals surface area contributed by atoms with Gasteiger partial charge < -0.3 is 14.7 Å². The molecule has 27 heavy (non-hydrogen) atoms. The monoisotopic (exact) mass is 383 g/mol. The first kappa shape index (κ1) is 17.6. The van der Waals surface area contributed by atoms with Crippen LogP contribution >= 0.6 is 11.3 Å². The fraction of sp³-hybridized carbons (Fsp3) is 0.300. The van der Waals surface area contributed by atoms with Crippen molar-refractivity contribution in [3.8, 4) is 28.4 Å². The minimum atomic E-state index is -0.324. The number of hydrogen-bond donors (Lipinski definition) is 1. The first-order valence-electron chi connectivity index (χ1n) is 8.66. The van der Waals surface area contributed by atoms with E-state index in [-0.39, 0.29) is 23.8 Å². The third-order valence-electron chi connectivity index (χ3n) is 4.84. The number of carbonyl (C=O) groups excluding carboxylic acids is 1. The first-order valence-corrected chi connectivity index (χ1v) is 9.60. The van der Waals surface area contributed by atoms with Crippen molar-refractivity contribution in [2.24, 2.45) is 0 Å². The Hall–Kier alpha value is -2.80. The minimum Gasteiger partial charge on any atom is -0.508 e. The standard InChI is InChI=1S/C20H21N3O3S/c1-20(2,3)22(4)19(25)17-15-10-26-16-9-13(24)5-6-14(16)18(15)23(21-17)12-7-8-27-11-12/h5-9,11,24H,10H2,1-4H3. The van der Waals surface area contributed by atoms with Crippen LogP contribution in [0, 0.1) is 0 Å². The van der Waals surface area contributed by atoms with Gasteiger partial charge in [0.25, 0.3) is 5.91 Å². The topological polar surface area (TPSA) is 67.6 Å². The largest absolute Gasteiger partial charge is 0.508 e. The van der Waals surface area contributed by atoms with Crippen LogP contribution in [-0.2, 0) is 6.61 Å². The molecule has 0 atom stereocenters. The van der Waals surface area contributed by atoms with Crippen molar-refractivity contribution in [1.82, 2.24) is 14.7 Å². The average Bonchev–Trinajstić information content (AvgIpc) is 3.26. The molecular formula is C20H21N3O3S. The Kier molecular flexibility index (Phi) is 3.99. The maximum Gasteiger partial charge on any atom is 0.274 e. The molecular weight excluding hydrogens is 362 g/mol. The molecule has 1 aliphatic heterocycles. The lowest BCUT2D eigenvalue weighted by Gasteiger charge is -2.31. The lowest BCUT2D eigenvalue weighted by atomic mass is 10.0. The van der Waals surface area contributed by atoms with Gasteiger partial charge in [-0.1, -0.05) is 0 Å². The number of nitrogens with zero attached hydrogens (tertiary/aromatic N) is 3. The Morgan fingerprint density at radius 1 is 1.33 bits per heavy atom. The van der Waals surface area contributed by atoms with E-state index in [1.807, 2.05) is 37.6 Å². The molecule has 1 N–H and O–H groups in total. The molecule has 6 nitrogen and oxygen atoms in total. The van der Waals surface area contributed by atoms with Gasteiger partial charge in [-0.3, -0.25) is 4.79 Å². The summed E-state index contributed by atoms with van der Waals surface area (Å²) in [7, 11) is 1.79. The highest BCUT2D eigenvalue weighted by atomic mass is 32.1. The van der Waals surface area contributed by atoms with E-state index in [0.717, 1.165) is 22.5 Å². The molecule has 4 rings (SSSR count). The van der Waals surface area contributed by atoms with Crippen LogP contribution in [0.3, 0.4) is 0 Å². The summed E-state index contributed by atoms with van der Waals surface area (Å²) in [5, 5.41) is 18.4. The van der Waals surface area contributed by atoms with Crippen molar-refractivity contribution >= 4 is 17.2 Å². The third kappa shape index (κ3) is 2.88. The van der Waals surface area contributed by atoms with Gasteiger partial charge in [-0.2, -0.15) is 16.4 Å². The molecule has 2 aromatic heterocycles. The van der Waals surface area contributed by atoms with Crippen molar-refractivity contribution < 1.29 is 14.6 Å². The highest BCUT2D eigenvalue weighted by Crippen LogP contribution is 2.42. The molecule has 3 aromatic rings. The predicted octanol–water partition coefficient (Wildman–Crippen LogP) is 4.07. The number of ether oxygens (including phenoxy) is 1. The summed E-state index contributed by atoms with van der Waals surface area (Å²) in [6.45, 7) is 6.19. The van der Waals surface area contributed by atoms with Gasteiger partial charge in [0.2, 0.25) is 0 Å². The number of amides is 1. The molecule has 0 fully saturated rings. The molecule has 3 heterocycles. The number of carbonyl (C=O) groups is 1. The Balaban J connectivity index is 1.93. The van der Waals surface area contributed by atoms with Crippen LogP contribution in [0.5, 0.6) is 11.5 Å². The summed E-state index contributed by atoms with van der Waals surface area (Å²) in [4.78, 5) is 14.9. The van der Waals surface area contributed by atoms with Gasteiger partial charge in [0.15, 0.2) is 5.69 Å². The number of aromatic nitrogens is 2. The molecule has 0 saturated heterocycles. The molecule has 0 aliphatic carbocycles.